The second-order valence-corrected chi connectivity index (χ2v) is 8.11. The molecule has 0 aromatic carbocycles. The van der Waals surface area contributed by atoms with Crippen LogP contribution in [0.1, 0.15) is 50.1 Å². The van der Waals surface area contributed by atoms with Crippen molar-refractivity contribution in [2.75, 3.05) is 32.8 Å². The molecule has 6 heteroatoms. The highest BCUT2D eigenvalue weighted by Gasteiger charge is 2.33. The second kappa shape index (κ2) is 7.17. The van der Waals surface area contributed by atoms with E-state index in [0.29, 0.717) is 25.0 Å². The molecule has 0 radical (unpaired) electrons. The molecule has 1 saturated carbocycles. The van der Waals surface area contributed by atoms with Crippen molar-refractivity contribution in [1.82, 2.24) is 14.7 Å². The minimum absolute atomic E-state index is 0.0170. The van der Waals surface area contributed by atoms with Crippen LogP contribution in [0.5, 0.6) is 0 Å². The van der Waals surface area contributed by atoms with Gasteiger partial charge in [-0.2, -0.15) is 5.10 Å². The normalized spacial score (nSPS) is 25.2. The predicted octanol–water partition coefficient (Wildman–Crippen LogP) is 1.37. The molecule has 0 bridgehead atoms. The Kier molecular flexibility index (Phi) is 4.93. The SMILES string of the molecule is O=c1ccc(C2CC2)nn1CC1CCN(CC2(O)CCOCC2)CC1. The maximum absolute atomic E-state index is 12.1. The van der Waals surface area contributed by atoms with Crippen molar-refractivity contribution < 1.29 is 9.84 Å². The summed E-state index contributed by atoms with van der Waals surface area (Å²) in [6, 6.07) is 3.57. The van der Waals surface area contributed by atoms with E-state index in [1.54, 1.807) is 10.7 Å². The van der Waals surface area contributed by atoms with Crippen LogP contribution in [0, 0.1) is 5.92 Å². The maximum Gasteiger partial charge on any atom is 0.266 e. The van der Waals surface area contributed by atoms with E-state index in [9.17, 15) is 9.90 Å². The highest BCUT2D eigenvalue weighted by molar-refractivity contribution is 5.12. The van der Waals surface area contributed by atoms with Crippen molar-refractivity contribution in [3.63, 3.8) is 0 Å². The molecule has 0 spiro atoms. The van der Waals surface area contributed by atoms with Gasteiger partial charge >= 0.3 is 0 Å². The molecule has 3 heterocycles. The number of β-amino-alcohol motifs (C(OH)–C–C–N with tert-alkyl or cyclic N) is 1. The summed E-state index contributed by atoms with van der Waals surface area (Å²) in [4.78, 5) is 14.5. The second-order valence-electron chi connectivity index (χ2n) is 8.11. The maximum atomic E-state index is 12.1. The Bertz CT molecular complexity index is 642. The zero-order valence-electron chi connectivity index (χ0n) is 14.9. The van der Waals surface area contributed by atoms with Crippen LogP contribution < -0.4 is 5.56 Å². The van der Waals surface area contributed by atoms with Crippen molar-refractivity contribution in [2.45, 2.75) is 56.6 Å². The third-order valence-corrected chi connectivity index (χ3v) is 5.96. The fourth-order valence-electron chi connectivity index (χ4n) is 4.09. The lowest BCUT2D eigenvalue weighted by atomic mass is 9.91. The van der Waals surface area contributed by atoms with Crippen molar-refractivity contribution >= 4 is 0 Å². The minimum atomic E-state index is -0.581. The summed E-state index contributed by atoms with van der Waals surface area (Å²) in [6.07, 6.45) is 6.01. The molecular formula is C19H29N3O3. The summed E-state index contributed by atoms with van der Waals surface area (Å²) < 4.78 is 7.04. The van der Waals surface area contributed by atoms with Crippen LogP contribution in [0.4, 0.5) is 0 Å². The smallest absolute Gasteiger partial charge is 0.266 e. The number of rotatable bonds is 5. The molecule has 1 aliphatic carbocycles. The molecule has 6 nitrogen and oxygen atoms in total. The summed E-state index contributed by atoms with van der Waals surface area (Å²) in [5.41, 5.74) is 0.518. The first kappa shape index (κ1) is 17.2. The van der Waals surface area contributed by atoms with Crippen molar-refractivity contribution in [1.29, 1.82) is 0 Å². The van der Waals surface area contributed by atoms with E-state index in [-0.39, 0.29) is 5.56 Å². The van der Waals surface area contributed by atoms with E-state index >= 15 is 0 Å². The Labute approximate surface area is 148 Å². The third kappa shape index (κ3) is 4.30. The number of aromatic nitrogens is 2. The van der Waals surface area contributed by atoms with E-state index in [2.05, 4.69) is 10.00 Å². The molecule has 0 unspecified atom stereocenters. The molecular weight excluding hydrogens is 318 g/mol. The molecule has 25 heavy (non-hydrogen) atoms. The summed E-state index contributed by atoms with van der Waals surface area (Å²) in [7, 11) is 0. The van der Waals surface area contributed by atoms with Gasteiger partial charge in [0.25, 0.3) is 5.56 Å². The Morgan fingerprint density at radius 3 is 2.56 bits per heavy atom. The standard InChI is InChI=1S/C19H29N3O3/c23-18-4-3-17(16-1-2-16)20-22(18)13-15-5-9-21(10-6-15)14-19(24)7-11-25-12-8-19/h3-4,15-16,24H,1-2,5-14H2. The fraction of sp³-hybridized carbons (Fsp3) is 0.789. The number of likely N-dealkylation sites (tertiary alicyclic amines) is 1. The fourth-order valence-corrected chi connectivity index (χ4v) is 4.09. The summed E-state index contributed by atoms with van der Waals surface area (Å²) in [6.45, 7) is 4.79. The molecule has 1 N–H and O–H groups in total. The third-order valence-electron chi connectivity index (χ3n) is 5.96. The van der Waals surface area contributed by atoms with Crippen LogP contribution in [0.25, 0.3) is 0 Å². The summed E-state index contributed by atoms with van der Waals surface area (Å²) in [5, 5.41) is 15.3. The van der Waals surface area contributed by atoms with E-state index in [4.69, 9.17) is 4.74 Å². The van der Waals surface area contributed by atoms with Crippen molar-refractivity contribution in [2.24, 2.45) is 5.92 Å². The van der Waals surface area contributed by atoms with Gasteiger partial charge in [0.2, 0.25) is 0 Å². The zero-order valence-corrected chi connectivity index (χ0v) is 14.9. The van der Waals surface area contributed by atoms with Gasteiger partial charge in [0.1, 0.15) is 0 Å². The predicted molar refractivity (Wildman–Crippen MR) is 94.6 cm³/mol. The highest BCUT2D eigenvalue weighted by Crippen LogP contribution is 2.38. The van der Waals surface area contributed by atoms with Crippen molar-refractivity contribution in [3.05, 3.63) is 28.2 Å². The summed E-state index contributed by atoms with van der Waals surface area (Å²) >= 11 is 0. The van der Waals surface area contributed by atoms with Crippen LogP contribution in [0.2, 0.25) is 0 Å². The number of hydrogen-bond donors (Lipinski definition) is 1. The van der Waals surface area contributed by atoms with E-state index in [1.165, 1.54) is 12.8 Å². The van der Waals surface area contributed by atoms with Gasteiger partial charge in [-0.05, 0) is 50.8 Å². The first-order valence-electron chi connectivity index (χ1n) is 9.72. The Morgan fingerprint density at radius 2 is 1.88 bits per heavy atom. The molecule has 138 valence electrons. The van der Waals surface area contributed by atoms with Gasteiger partial charge in [-0.25, -0.2) is 4.68 Å². The molecule has 4 rings (SSSR count). The molecule has 1 aromatic heterocycles. The van der Waals surface area contributed by atoms with Gasteiger partial charge in [-0.3, -0.25) is 4.79 Å². The van der Waals surface area contributed by atoms with Crippen molar-refractivity contribution in [3.8, 4) is 0 Å². The summed E-state index contributed by atoms with van der Waals surface area (Å²) in [5.74, 6) is 1.08. The Morgan fingerprint density at radius 1 is 1.16 bits per heavy atom. The lowest BCUT2D eigenvalue weighted by molar-refractivity contribution is -0.0832. The quantitative estimate of drug-likeness (QED) is 0.871. The van der Waals surface area contributed by atoms with Gasteiger partial charge in [-0.1, -0.05) is 0 Å². The number of nitrogens with zero attached hydrogens (tertiary/aromatic N) is 3. The van der Waals surface area contributed by atoms with Gasteiger partial charge < -0.3 is 14.7 Å². The average Bonchev–Trinajstić information content (AvgIpc) is 3.44. The molecule has 1 aromatic rings. The number of hydrogen-bond acceptors (Lipinski definition) is 5. The molecule has 0 atom stereocenters. The monoisotopic (exact) mass is 347 g/mol. The van der Waals surface area contributed by atoms with Gasteiger partial charge in [0.15, 0.2) is 0 Å². The largest absolute Gasteiger partial charge is 0.388 e. The van der Waals surface area contributed by atoms with Crippen LogP contribution in [0.3, 0.4) is 0 Å². The van der Waals surface area contributed by atoms with Gasteiger partial charge in [0.05, 0.1) is 11.3 Å². The number of ether oxygens (including phenoxy) is 1. The number of aliphatic hydroxyl groups is 1. The van der Waals surface area contributed by atoms with Crippen LogP contribution >= 0.6 is 0 Å². The average molecular weight is 347 g/mol. The lowest BCUT2D eigenvalue weighted by Crippen LogP contribution is -2.49. The Balaban J connectivity index is 1.30. The van der Waals surface area contributed by atoms with Gasteiger partial charge in [0, 0.05) is 51.1 Å². The Hall–Kier alpha value is -1.24. The van der Waals surface area contributed by atoms with Crippen LogP contribution in [-0.2, 0) is 11.3 Å². The topological polar surface area (TPSA) is 67.6 Å². The van der Waals surface area contributed by atoms with E-state index < -0.39 is 5.60 Å². The molecule has 2 saturated heterocycles. The molecule has 3 aliphatic rings. The van der Waals surface area contributed by atoms with Gasteiger partial charge in [-0.15, -0.1) is 0 Å². The minimum Gasteiger partial charge on any atom is -0.388 e. The highest BCUT2D eigenvalue weighted by atomic mass is 16.5. The zero-order chi connectivity index (χ0) is 17.3. The lowest BCUT2D eigenvalue weighted by Gasteiger charge is -2.39. The first-order valence-corrected chi connectivity index (χ1v) is 9.72. The van der Waals surface area contributed by atoms with E-state index in [0.717, 1.165) is 57.6 Å². The van der Waals surface area contributed by atoms with Crippen LogP contribution in [-0.4, -0.2) is 58.2 Å². The first-order chi connectivity index (χ1) is 12.1. The molecule has 2 aliphatic heterocycles. The number of piperidine rings is 1. The van der Waals surface area contributed by atoms with Crippen LogP contribution in [0.15, 0.2) is 16.9 Å². The van der Waals surface area contributed by atoms with E-state index in [1.807, 2.05) is 6.07 Å². The molecule has 0 amide bonds. The molecule has 3 fully saturated rings.